The third-order valence-corrected chi connectivity index (χ3v) is 2.62. The van der Waals surface area contributed by atoms with Gasteiger partial charge in [-0.25, -0.2) is 13.8 Å². The zero-order valence-electron chi connectivity index (χ0n) is 8.71. The van der Waals surface area contributed by atoms with E-state index in [0.29, 0.717) is 23.3 Å². The summed E-state index contributed by atoms with van der Waals surface area (Å²) in [7, 11) is 0. The number of nitrogens with zero attached hydrogens (tertiary/aromatic N) is 1. The molecule has 0 radical (unpaired) electrons. The Balaban J connectivity index is 2.45. The van der Waals surface area contributed by atoms with Gasteiger partial charge in [-0.05, 0) is 12.1 Å². The topological polar surface area (TPSA) is 52.0 Å². The number of benzene rings is 1. The van der Waals surface area contributed by atoms with Crippen molar-refractivity contribution in [3.8, 4) is 11.3 Å². The Morgan fingerprint density at radius 2 is 1.94 bits per heavy atom. The van der Waals surface area contributed by atoms with Crippen molar-refractivity contribution >= 4 is 15.9 Å². The zero-order chi connectivity index (χ0) is 12.4. The average molecular weight is 303 g/mol. The molecule has 0 spiro atoms. The molecule has 1 heterocycles. The molecule has 0 saturated heterocycles. The molecular weight excluding hydrogens is 294 g/mol. The molecule has 6 heteroatoms. The normalized spacial score (nSPS) is 10.8. The summed E-state index contributed by atoms with van der Waals surface area (Å²) in [5.74, 6) is -0.972. The van der Waals surface area contributed by atoms with Crippen molar-refractivity contribution in [1.29, 1.82) is 0 Å². The lowest BCUT2D eigenvalue weighted by Gasteiger charge is -2.01. The Bertz CT molecular complexity index is 519. The molecule has 0 saturated carbocycles. The van der Waals surface area contributed by atoms with Gasteiger partial charge >= 0.3 is 0 Å². The van der Waals surface area contributed by atoms with Crippen molar-refractivity contribution in [2.24, 2.45) is 5.73 Å². The SMILES string of the molecule is NCCc1ncc(-c2c(F)cc(Br)cc2F)o1. The smallest absolute Gasteiger partial charge is 0.196 e. The van der Waals surface area contributed by atoms with Crippen LogP contribution < -0.4 is 5.73 Å². The van der Waals surface area contributed by atoms with E-state index >= 15 is 0 Å². The summed E-state index contributed by atoms with van der Waals surface area (Å²) in [5, 5.41) is 0. The second-order valence-electron chi connectivity index (χ2n) is 3.40. The highest BCUT2D eigenvalue weighted by atomic mass is 79.9. The number of rotatable bonds is 3. The highest BCUT2D eigenvalue weighted by Gasteiger charge is 2.16. The minimum atomic E-state index is -0.702. The Hall–Kier alpha value is -1.27. The number of oxazole rings is 1. The first-order valence-electron chi connectivity index (χ1n) is 4.91. The van der Waals surface area contributed by atoms with Crippen LogP contribution in [0.15, 0.2) is 27.2 Å². The second-order valence-corrected chi connectivity index (χ2v) is 4.32. The molecule has 90 valence electrons. The van der Waals surface area contributed by atoms with E-state index in [1.807, 2.05) is 0 Å². The van der Waals surface area contributed by atoms with Crippen LogP contribution in [0.1, 0.15) is 5.89 Å². The summed E-state index contributed by atoms with van der Waals surface area (Å²) in [6, 6.07) is 2.34. The van der Waals surface area contributed by atoms with Gasteiger partial charge < -0.3 is 10.2 Å². The third-order valence-electron chi connectivity index (χ3n) is 2.17. The third kappa shape index (κ3) is 2.53. The van der Waals surface area contributed by atoms with Crippen molar-refractivity contribution in [2.75, 3.05) is 6.54 Å². The Labute approximate surface area is 105 Å². The van der Waals surface area contributed by atoms with Crippen LogP contribution >= 0.6 is 15.9 Å². The number of halogens is 3. The molecule has 1 aromatic heterocycles. The van der Waals surface area contributed by atoms with Crippen LogP contribution in [0.3, 0.4) is 0 Å². The van der Waals surface area contributed by atoms with Gasteiger partial charge in [-0.15, -0.1) is 0 Å². The monoisotopic (exact) mass is 302 g/mol. The standard InChI is InChI=1S/C11H9BrF2N2O/c12-6-3-7(13)11(8(14)4-6)9-5-16-10(17-9)1-2-15/h3-5H,1-2,15H2. The highest BCUT2D eigenvalue weighted by Crippen LogP contribution is 2.29. The first kappa shape index (κ1) is 12.2. The van der Waals surface area contributed by atoms with Crippen molar-refractivity contribution < 1.29 is 13.2 Å². The number of aromatic nitrogens is 1. The first-order valence-corrected chi connectivity index (χ1v) is 5.71. The predicted octanol–water partition coefficient (Wildman–Crippen LogP) is 2.88. The maximum Gasteiger partial charge on any atom is 0.196 e. The van der Waals surface area contributed by atoms with E-state index < -0.39 is 11.6 Å². The molecule has 2 aromatic rings. The molecule has 1 aromatic carbocycles. The minimum Gasteiger partial charge on any atom is -0.440 e. The summed E-state index contributed by atoms with van der Waals surface area (Å²) in [6.45, 7) is 0.366. The Morgan fingerprint density at radius 3 is 2.53 bits per heavy atom. The van der Waals surface area contributed by atoms with E-state index in [9.17, 15) is 8.78 Å². The summed E-state index contributed by atoms with van der Waals surface area (Å²) in [6.07, 6.45) is 1.72. The molecule has 2 rings (SSSR count). The maximum absolute atomic E-state index is 13.6. The van der Waals surface area contributed by atoms with Crippen LogP contribution in [0, 0.1) is 11.6 Å². The Kier molecular flexibility index (Phi) is 3.54. The van der Waals surface area contributed by atoms with E-state index in [-0.39, 0.29) is 11.3 Å². The maximum atomic E-state index is 13.6. The molecule has 0 aliphatic heterocycles. The fraction of sp³-hybridized carbons (Fsp3) is 0.182. The molecule has 2 N–H and O–H groups in total. The lowest BCUT2D eigenvalue weighted by Crippen LogP contribution is -2.02. The van der Waals surface area contributed by atoms with Crippen LogP contribution in [0.4, 0.5) is 8.78 Å². The van der Waals surface area contributed by atoms with Crippen LogP contribution in [-0.4, -0.2) is 11.5 Å². The van der Waals surface area contributed by atoms with Gasteiger partial charge in [0, 0.05) is 17.4 Å². The second kappa shape index (κ2) is 4.93. The van der Waals surface area contributed by atoms with Gasteiger partial charge in [-0.2, -0.15) is 0 Å². The van der Waals surface area contributed by atoms with Gasteiger partial charge in [0.1, 0.15) is 11.6 Å². The van der Waals surface area contributed by atoms with Gasteiger partial charge in [0.25, 0.3) is 0 Å². The summed E-state index contributed by atoms with van der Waals surface area (Å²) in [5.41, 5.74) is 5.12. The van der Waals surface area contributed by atoms with Crippen molar-refractivity contribution in [2.45, 2.75) is 6.42 Å². The van der Waals surface area contributed by atoms with Gasteiger partial charge in [-0.3, -0.25) is 0 Å². The van der Waals surface area contributed by atoms with Crippen LogP contribution in [0.2, 0.25) is 0 Å². The van der Waals surface area contributed by atoms with Crippen LogP contribution in [0.5, 0.6) is 0 Å². The van der Waals surface area contributed by atoms with Crippen molar-refractivity contribution in [3.05, 3.63) is 40.3 Å². The molecule has 0 aliphatic carbocycles. The van der Waals surface area contributed by atoms with E-state index in [1.54, 1.807) is 0 Å². The van der Waals surface area contributed by atoms with Gasteiger partial charge in [0.15, 0.2) is 11.7 Å². The molecule has 0 bridgehead atoms. The summed E-state index contributed by atoms with van der Waals surface area (Å²) >= 11 is 3.01. The molecule has 0 aliphatic rings. The number of hydrogen-bond donors (Lipinski definition) is 1. The average Bonchev–Trinajstić information content (AvgIpc) is 2.65. The summed E-state index contributed by atoms with van der Waals surface area (Å²) in [4.78, 5) is 3.90. The molecule has 0 unspecified atom stereocenters. The molecule has 0 atom stereocenters. The molecule has 17 heavy (non-hydrogen) atoms. The van der Waals surface area contributed by atoms with E-state index in [1.165, 1.54) is 18.3 Å². The van der Waals surface area contributed by atoms with Gasteiger partial charge in [0.05, 0.1) is 11.8 Å². The van der Waals surface area contributed by atoms with E-state index in [0.717, 1.165) is 0 Å². The van der Waals surface area contributed by atoms with Crippen molar-refractivity contribution in [3.63, 3.8) is 0 Å². The Morgan fingerprint density at radius 1 is 1.29 bits per heavy atom. The van der Waals surface area contributed by atoms with E-state index in [2.05, 4.69) is 20.9 Å². The quantitative estimate of drug-likeness (QED) is 0.948. The fourth-order valence-electron chi connectivity index (χ4n) is 1.44. The van der Waals surface area contributed by atoms with Gasteiger partial charge in [0.2, 0.25) is 0 Å². The summed E-state index contributed by atoms with van der Waals surface area (Å²) < 4.78 is 32.8. The molecule has 0 fully saturated rings. The molecule has 0 amide bonds. The largest absolute Gasteiger partial charge is 0.440 e. The number of nitrogens with two attached hydrogens (primary N) is 1. The van der Waals surface area contributed by atoms with Crippen LogP contribution in [-0.2, 0) is 6.42 Å². The minimum absolute atomic E-state index is 0.0657. The van der Waals surface area contributed by atoms with Gasteiger partial charge in [-0.1, -0.05) is 15.9 Å². The van der Waals surface area contributed by atoms with E-state index in [4.69, 9.17) is 10.2 Å². The zero-order valence-corrected chi connectivity index (χ0v) is 10.3. The fourth-order valence-corrected chi connectivity index (χ4v) is 1.84. The predicted molar refractivity (Wildman–Crippen MR) is 62.3 cm³/mol. The first-order chi connectivity index (χ1) is 8.11. The van der Waals surface area contributed by atoms with Crippen LogP contribution in [0.25, 0.3) is 11.3 Å². The number of hydrogen-bond acceptors (Lipinski definition) is 3. The van der Waals surface area contributed by atoms with Crippen molar-refractivity contribution in [1.82, 2.24) is 4.98 Å². The molecular formula is C11H9BrF2N2O. The molecule has 3 nitrogen and oxygen atoms in total. The highest BCUT2D eigenvalue weighted by molar-refractivity contribution is 9.10. The lowest BCUT2D eigenvalue weighted by molar-refractivity contribution is 0.497. The lowest BCUT2D eigenvalue weighted by atomic mass is 10.1.